The fraction of sp³-hybridized carbons (Fsp3) is 0.333. The van der Waals surface area contributed by atoms with E-state index in [1.165, 1.54) is 6.07 Å². The summed E-state index contributed by atoms with van der Waals surface area (Å²) < 4.78 is 18.8. The van der Waals surface area contributed by atoms with E-state index in [0.717, 1.165) is 6.42 Å². The zero-order valence-electron chi connectivity index (χ0n) is 9.61. The Kier molecular flexibility index (Phi) is 3.49. The van der Waals surface area contributed by atoms with E-state index in [1.54, 1.807) is 19.1 Å². The van der Waals surface area contributed by atoms with E-state index >= 15 is 0 Å². The molecule has 2 aromatic rings. The first kappa shape index (κ1) is 11.7. The highest BCUT2D eigenvalue weighted by molar-refractivity contribution is 5.53. The second-order valence-electron chi connectivity index (χ2n) is 3.86. The molecular weight excluding hydrogens is 221 g/mol. The zero-order valence-corrected chi connectivity index (χ0v) is 9.61. The maximum absolute atomic E-state index is 13.4. The van der Waals surface area contributed by atoms with Crippen molar-refractivity contribution in [2.45, 2.75) is 19.8 Å². The monoisotopic (exact) mass is 235 g/mol. The minimum Gasteiger partial charge on any atom is -0.421 e. The van der Waals surface area contributed by atoms with Gasteiger partial charge >= 0.3 is 0 Å². The number of aryl methyl sites for hydroxylation is 2. The predicted octanol–water partition coefficient (Wildman–Crippen LogP) is 2.08. The van der Waals surface area contributed by atoms with Gasteiger partial charge in [-0.25, -0.2) is 4.39 Å². The molecule has 0 saturated carbocycles. The SMILES string of the molecule is Cc1ccc(-c2nnc(CCCN)o2)cc1F. The molecule has 1 aromatic carbocycles. The van der Waals surface area contributed by atoms with Crippen LogP contribution in [0.4, 0.5) is 4.39 Å². The van der Waals surface area contributed by atoms with Crippen LogP contribution in [0.2, 0.25) is 0 Å². The molecule has 1 heterocycles. The summed E-state index contributed by atoms with van der Waals surface area (Å²) in [5.74, 6) is 0.603. The van der Waals surface area contributed by atoms with Crippen molar-refractivity contribution in [2.24, 2.45) is 5.73 Å². The van der Waals surface area contributed by atoms with Crippen molar-refractivity contribution in [3.8, 4) is 11.5 Å². The molecule has 2 N–H and O–H groups in total. The Labute approximate surface area is 98.7 Å². The number of hydrogen-bond acceptors (Lipinski definition) is 4. The lowest BCUT2D eigenvalue weighted by molar-refractivity contribution is 0.498. The van der Waals surface area contributed by atoms with Gasteiger partial charge in [0.05, 0.1) is 0 Å². The van der Waals surface area contributed by atoms with Gasteiger partial charge in [-0.3, -0.25) is 0 Å². The van der Waals surface area contributed by atoms with Gasteiger partial charge < -0.3 is 10.2 Å². The van der Waals surface area contributed by atoms with Gasteiger partial charge in [-0.1, -0.05) is 6.07 Å². The fourth-order valence-electron chi connectivity index (χ4n) is 1.45. The fourth-order valence-corrected chi connectivity index (χ4v) is 1.45. The Bertz CT molecular complexity index is 510. The van der Waals surface area contributed by atoms with Crippen LogP contribution >= 0.6 is 0 Å². The van der Waals surface area contributed by atoms with Gasteiger partial charge in [0.1, 0.15) is 5.82 Å². The third kappa shape index (κ3) is 2.68. The second-order valence-corrected chi connectivity index (χ2v) is 3.86. The molecule has 90 valence electrons. The van der Waals surface area contributed by atoms with E-state index in [0.29, 0.717) is 35.9 Å². The largest absolute Gasteiger partial charge is 0.421 e. The van der Waals surface area contributed by atoms with Gasteiger partial charge in [-0.05, 0) is 37.6 Å². The summed E-state index contributed by atoms with van der Waals surface area (Å²) in [6.45, 7) is 2.29. The molecule has 4 nitrogen and oxygen atoms in total. The summed E-state index contributed by atoms with van der Waals surface area (Å²) in [6.07, 6.45) is 1.45. The molecule has 17 heavy (non-hydrogen) atoms. The van der Waals surface area contributed by atoms with Crippen molar-refractivity contribution in [3.05, 3.63) is 35.5 Å². The van der Waals surface area contributed by atoms with Crippen LogP contribution in [0.5, 0.6) is 0 Å². The molecule has 0 radical (unpaired) electrons. The first-order chi connectivity index (χ1) is 8.20. The molecule has 0 aliphatic heterocycles. The van der Waals surface area contributed by atoms with Gasteiger partial charge in [0.15, 0.2) is 0 Å². The van der Waals surface area contributed by atoms with Crippen molar-refractivity contribution in [3.63, 3.8) is 0 Å². The lowest BCUT2D eigenvalue weighted by Crippen LogP contribution is -2.00. The summed E-state index contributed by atoms with van der Waals surface area (Å²) >= 11 is 0. The summed E-state index contributed by atoms with van der Waals surface area (Å²) in [7, 11) is 0. The Morgan fingerprint density at radius 2 is 2.18 bits per heavy atom. The number of nitrogens with zero attached hydrogens (tertiary/aromatic N) is 2. The number of rotatable bonds is 4. The summed E-state index contributed by atoms with van der Waals surface area (Å²) in [5, 5.41) is 7.77. The topological polar surface area (TPSA) is 64.9 Å². The van der Waals surface area contributed by atoms with Crippen molar-refractivity contribution in [1.82, 2.24) is 10.2 Å². The third-order valence-electron chi connectivity index (χ3n) is 2.48. The van der Waals surface area contributed by atoms with E-state index < -0.39 is 0 Å². The first-order valence-corrected chi connectivity index (χ1v) is 5.49. The van der Waals surface area contributed by atoms with Crippen molar-refractivity contribution < 1.29 is 8.81 Å². The highest BCUT2D eigenvalue weighted by Gasteiger charge is 2.09. The smallest absolute Gasteiger partial charge is 0.247 e. The molecule has 0 aliphatic carbocycles. The van der Waals surface area contributed by atoms with Crippen LogP contribution in [0.3, 0.4) is 0 Å². The second kappa shape index (κ2) is 5.05. The van der Waals surface area contributed by atoms with Gasteiger partial charge in [0, 0.05) is 12.0 Å². The molecule has 1 aromatic heterocycles. The molecule has 2 rings (SSSR count). The molecule has 0 atom stereocenters. The average molecular weight is 235 g/mol. The maximum Gasteiger partial charge on any atom is 0.247 e. The minimum atomic E-state index is -0.274. The van der Waals surface area contributed by atoms with Gasteiger partial charge in [-0.15, -0.1) is 10.2 Å². The lowest BCUT2D eigenvalue weighted by Gasteiger charge is -1.98. The molecule has 0 unspecified atom stereocenters. The Hall–Kier alpha value is -1.75. The summed E-state index contributed by atoms with van der Waals surface area (Å²) in [6, 6.07) is 4.85. The molecule has 0 spiro atoms. The van der Waals surface area contributed by atoms with Crippen LogP contribution in [-0.4, -0.2) is 16.7 Å². The Morgan fingerprint density at radius 1 is 1.35 bits per heavy atom. The van der Waals surface area contributed by atoms with Crippen molar-refractivity contribution >= 4 is 0 Å². The molecular formula is C12H14FN3O. The number of benzene rings is 1. The van der Waals surface area contributed by atoms with E-state index in [9.17, 15) is 4.39 Å². The number of halogens is 1. The van der Waals surface area contributed by atoms with E-state index in [2.05, 4.69) is 10.2 Å². The first-order valence-electron chi connectivity index (χ1n) is 5.49. The molecule has 0 bridgehead atoms. The van der Waals surface area contributed by atoms with Crippen molar-refractivity contribution in [2.75, 3.05) is 6.54 Å². The quantitative estimate of drug-likeness (QED) is 0.881. The third-order valence-corrected chi connectivity index (χ3v) is 2.48. The van der Waals surface area contributed by atoms with Gasteiger partial charge in [0.25, 0.3) is 0 Å². The number of hydrogen-bond donors (Lipinski definition) is 1. The molecule has 0 fully saturated rings. The van der Waals surface area contributed by atoms with Crippen LogP contribution in [0.1, 0.15) is 17.9 Å². The Balaban J connectivity index is 2.21. The molecule has 0 aliphatic rings. The predicted molar refractivity (Wildman–Crippen MR) is 61.8 cm³/mol. The van der Waals surface area contributed by atoms with Gasteiger partial charge in [-0.2, -0.15) is 0 Å². The normalized spacial score (nSPS) is 10.8. The number of aromatic nitrogens is 2. The van der Waals surface area contributed by atoms with Crippen molar-refractivity contribution in [1.29, 1.82) is 0 Å². The van der Waals surface area contributed by atoms with Crippen LogP contribution in [-0.2, 0) is 6.42 Å². The van der Waals surface area contributed by atoms with E-state index in [-0.39, 0.29) is 5.82 Å². The molecule has 5 heteroatoms. The average Bonchev–Trinajstić information content (AvgIpc) is 2.79. The molecule has 0 amide bonds. The Morgan fingerprint density at radius 3 is 2.88 bits per heavy atom. The maximum atomic E-state index is 13.4. The number of nitrogens with two attached hydrogens (primary N) is 1. The molecule has 0 saturated heterocycles. The van der Waals surface area contributed by atoms with Crippen LogP contribution in [0.25, 0.3) is 11.5 Å². The summed E-state index contributed by atoms with van der Waals surface area (Å²) in [5.41, 5.74) is 6.58. The highest BCUT2D eigenvalue weighted by atomic mass is 19.1. The van der Waals surface area contributed by atoms with E-state index in [1.807, 2.05) is 0 Å². The standard InChI is InChI=1S/C12H14FN3O/c1-8-4-5-9(7-10(8)13)12-16-15-11(17-12)3-2-6-14/h4-5,7H,2-3,6,14H2,1H3. The van der Waals surface area contributed by atoms with E-state index in [4.69, 9.17) is 10.2 Å². The minimum absolute atomic E-state index is 0.274. The van der Waals surface area contributed by atoms with Crippen LogP contribution in [0, 0.1) is 12.7 Å². The van der Waals surface area contributed by atoms with Gasteiger partial charge in [0.2, 0.25) is 11.8 Å². The van der Waals surface area contributed by atoms with Crippen LogP contribution < -0.4 is 5.73 Å². The summed E-state index contributed by atoms with van der Waals surface area (Å²) in [4.78, 5) is 0. The zero-order chi connectivity index (χ0) is 12.3. The highest BCUT2D eigenvalue weighted by Crippen LogP contribution is 2.20. The van der Waals surface area contributed by atoms with Crippen LogP contribution in [0.15, 0.2) is 22.6 Å². The lowest BCUT2D eigenvalue weighted by atomic mass is 10.1.